The molecule has 0 heterocycles. The van der Waals surface area contributed by atoms with E-state index in [1.165, 1.54) is 13.0 Å². The lowest BCUT2D eigenvalue weighted by Gasteiger charge is -1.99. The maximum absolute atomic E-state index is 10.9. The van der Waals surface area contributed by atoms with Crippen LogP contribution in [0.3, 0.4) is 0 Å². The first kappa shape index (κ1) is 13.8. The van der Waals surface area contributed by atoms with Gasteiger partial charge in [0.1, 0.15) is 0 Å². The van der Waals surface area contributed by atoms with Gasteiger partial charge in [0.05, 0.1) is 11.3 Å². The van der Waals surface area contributed by atoms with Gasteiger partial charge < -0.3 is 5.11 Å². The van der Waals surface area contributed by atoms with Crippen molar-refractivity contribution >= 4 is 38.8 Å². The van der Waals surface area contributed by atoms with Gasteiger partial charge in [0.2, 0.25) is 0 Å². The SMILES string of the molecule is CC(=O)SCC#Cc1cc(Br)ccc1C(=O)O. The van der Waals surface area contributed by atoms with Gasteiger partial charge in [0.25, 0.3) is 0 Å². The monoisotopic (exact) mass is 312 g/mol. The van der Waals surface area contributed by atoms with Gasteiger partial charge in [-0.15, -0.1) is 0 Å². The van der Waals surface area contributed by atoms with Crippen molar-refractivity contribution in [3.05, 3.63) is 33.8 Å². The molecule has 0 aliphatic carbocycles. The van der Waals surface area contributed by atoms with E-state index >= 15 is 0 Å². The van der Waals surface area contributed by atoms with E-state index in [4.69, 9.17) is 5.11 Å². The summed E-state index contributed by atoms with van der Waals surface area (Å²) in [5.41, 5.74) is 0.601. The summed E-state index contributed by atoms with van der Waals surface area (Å²) in [6.45, 7) is 1.47. The lowest BCUT2D eigenvalue weighted by Crippen LogP contribution is -1.99. The van der Waals surface area contributed by atoms with Crippen LogP contribution in [0.1, 0.15) is 22.8 Å². The Kier molecular flexibility index (Phi) is 5.26. The molecule has 1 N–H and O–H groups in total. The summed E-state index contributed by atoms with van der Waals surface area (Å²) in [7, 11) is 0. The van der Waals surface area contributed by atoms with Crippen LogP contribution in [0.15, 0.2) is 22.7 Å². The van der Waals surface area contributed by atoms with Crippen molar-refractivity contribution in [3.8, 4) is 11.8 Å². The predicted octanol–water partition coefficient (Wildman–Crippen LogP) is 2.78. The first-order valence-electron chi connectivity index (χ1n) is 4.66. The van der Waals surface area contributed by atoms with Crippen molar-refractivity contribution in [1.82, 2.24) is 0 Å². The number of benzene rings is 1. The summed E-state index contributed by atoms with van der Waals surface area (Å²) < 4.78 is 0.769. The number of rotatable bonds is 2. The molecule has 0 radical (unpaired) electrons. The van der Waals surface area contributed by atoms with Gasteiger partial charge in [-0.2, -0.15) is 0 Å². The van der Waals surface area contributed by atoms with Crippen molar-refractivity contribution in [2.45, 2.75) is 6.92 Å². The number of carbonyl (C=O) groups excluding carboxylic acids is 1. The third-order valence-electron chi connectivity index (χ3n) is 1.78. The van der Waals surface area contributed by atoms with Crippen molar-refractivity contribution in [3.63, 3.8) is 0 Å². The zero-order chi connectivity index (χ0) is 12.8. The summed E-state index contributed by atoms with van der Waals surface area (Å²) in [6.07, 6.45) is 0. The van der Waals surface area contributed by atoms with Gasteiger partial charge in [0.15, 0.2) is 5.12 Å². The highest BCUT2D eigenvalue weighted by Crippen LogP contribution is 2.16. The predicted molar refractivity (Wildman–Crippen MR) is 71.1 cm³/mol. The van der Waals surface area contributed by atoms with Crippen molar-refractivity contribution in [2.75, 3.05) is 5.75 Å². The molecule has 17 heavy (non-hydrogen) atoms. The first-order chi connectivity index (χ1) is 8.00. The Hall–Kier alpha value is -1.25. The van der Waals surface area contributed by atoms with Gasteiger partial charge in [-0.1, -0.05) is 39.5 Å². The fourth-order valence-electron chi connectivity index (χ4n) is 1.08. The number of aromatic carboxylic acids is 1. The van der Waals surface area contributed by atoms with Crippen molar-refractivity contribution < 1.29 is 14.7 Å². The molecule has 0 bridgehead atoms. The number of hydrogen-bond donors (Lipinski definition) is 1. The Morgan fingerprint density at radius 3 is 2.76 bits per heavy atom. The second-order valence-corrected chi connectivity index (χ2v) is 5.15. The van der Waals surface area contributed by atoms with E-state index in [1.54, 1.807) is 12.1 Å². The standard InChI is InChI=1S/C12H9BrO3S/c1-8(14)17-6-2-3-9-7-10(13)4-5-11(9)12(15)16/h4-5,7H,6H2,1H3,(H,15,16). The highest BCUT2D eigenvalue weighted by molar-refractivity contribution is 9.10. The van der Waals surface area contributed by atoms with E-state index in [2.05, 4.69) is 27.8 Å². The average molecular weight is 313 g/mol. The highest BCUT2D eigenvalue weighted by Gasteiger charge is 2.08. The Labute approximate surface area is 112 Å². The van der Waals surface area contributed by atoms with E-state index in [-0.39, 0.29) is 10.7 Å². The summed E-state index contributed by atoms with van der Waals surface area (Å²) in [5, 5.41) is 8.95. The van der Waals surface area contributed by atoms with Crippen LogP contribution < -0.4 is 0 Å². The van der Waals surface area contributed by atoms with Crippen LogP contribution in [0.25, 0.3) is 0 Å². The molecule has 0 saturated carbocycles. The van der Waals surface area contributed by atoms with E-state index in [1.807, 2.05) is 0 Å². The first-order valence-corrected chi connectivity index (χ1v) is 6.43. The van der Waals surface area contributed by atoms with Gasteiger partial charge >= 0.3 is 5.97 Å². The fraction of sp³-hybridized carbons (Fsp3) is 0.167. The zero-order valence-electron chi connectivity index (χ0n) is 8.99. The Morgan fingerprint density at radius 2 is 2.18 bits per heavy atom. The molecule has 0 amide bonds. The van der Waals surface area contributed by atoms with Crippen LogP contribution in [0.5, 0.6) is 0 Å². The Morgan fingerprint density at radius 1 is 1.47 bits per heavy atom. The maximum atomic E-state index is 10.9. The van der Waals surface area contributed by atoms with Crippen LogP contribution >= 0.6 is 27.7 Å². The molecule has 1 aromatic carbocycles. The molecule has 0 aliphatic heterocycles. The molecule has 3 nitrogen and oxygen atoms in total. The second-order valence-electron chi connectivity index (χ2n) is 3.08. The number of carbonyl (C=O) groups is 2. The van der Waals surface area contributed by atoms with E-state index in [0.717, 1.165) is 16.2 Å². The lowest BCUT2D eigenvalue weighted by molar-refractivity contribution is -0.109. The minimum Gasteiger partial charge on any atom is -0.478 e. The molecule has 0 aliphatic rings. The molecule has 1 aromatic rings. The molecule has 1 rings (SSSR count). The van der Waals surface area contributed by atoms with E-state index in [9.17, 15) is 9.59 Å². The van der Waals surface area contributed by atoms with Crippen LogP contribution in [0.4, 0.5) is 0 Å². The Balaban J connectivity index is 2.92. The van der Waals surface area contributed by atoms with Gasteiger partial charge in [-0.3, -0.25) is 4.79 Å². The van der Waals surface area contributed by atoms with Gasteiger partial charge in [-0.25, -0.2) is 4.79 Å². The number of hydrogen-bond acceptors (Lipinski definition) is 3. The van der Waals surface area contributed by atoms with E-state index in [0.29, 0.717) is 11.3 Å². The fourth-order valence-corrected chi connectivity index (χ4v) is 1.78. The summed E-state index contributed by atoms with van der Waals surface area (Å²) in [4.78, 5) is 21.6. The van der Waals surface area contributed by atoms with Crippen LogP contribution in [0.2, 0.25) is 0 Å². The van der Waals surface area contributed by atoms with E-state index < -0.39 is 5.97 Å². The normalized spacial score (nSPS) is 9.29. The summed E-state index contributed by atoms with van der Waals surface area (Å²) in [6, 6.07) is 4.79. The topological polar surface area (TPSA) is 54.4 Å². The molecule has 0 atom stereocenters. The van der Waals surface area contributed by atoms with Crippen LogP contribution in [-0.4, -0.2) is 21.9 Å². The smallest absolute Gasteiger partial charge is 0.336 e. The van der Waals surface area contributed by atoms with Gasteiger partial charge in [-0.05, 0) is 18.2 Å². The molecule has 0 aromatic heterocycles. The highest BCUT2D eigenvalue weighted by atomic mass is 79.9. The third-order valence-corrected chi connectivity index (χ3v) is 2.97. The van der Waals surface area contributed by atoms with Crippen LogP contribution in [-0.2, 0) is 4.79 Å². The molecule has 88 valence electrons. The number of thioether (sulfide) groups is 1. The molecule has 0 fully saturated rings. The largest absolute Gasteiger partial charge is 0.478 e. The number of carboxylic acids is 1. The maximum Gasteiger partial charge on any atom is 0.336 e. The second kappa shape index (κ2) is 6.48. The molecule has 0 spiro atoms. The average Bonchev–Trinajstić information content (AvgIpc) is 2.23. The molecule has 0 saturated heterocycles. The molecule has 5 heteroatoms. The molecular weight excluding hydrogens is 304 g/mol. The lowest BCUT2D eigenvalue weighted by atomic mass is 10.1. The number of carboxylic acid groups (broad SMARTS) is 1. The van der Waals surface area contributed by atoms with Gasteiger partial charge in [0, 0.05) is 17.0 Å². The quantitative estimate of drug-likeness (QED) is 0.853. The number of halogens is 1. The van der Waals surface area contributed by atoms with Crippen molar-refractivity contribution in [2.24, 2.45) is 0 Å². The minimum absolute atomic E-state index is 0.00741. The van der Waals surface area contributed by atoms with Crippen molar-refractivity contribution in [1.29, 1.82) is 0 Å². The minimum atomic E-state index is -1.01. The summed E-state index contributed by atoms with van der Waals surface area (Å²) in [5.74, 6) is 4.87. The molecular formula is C12H9BrO3S. The molecule has 0 unspecified atom stereocenters. The Bertz CT molecular complexity index is 514. The summed E-state index contributed by atoms with van der Waals surface area (Å²) >= 11 is 4.35. The third kappa shape index (κ3) is 4.63. The zero-order valence-corrected chi connectivity index (χ0v) is 11.4. The van der Waals surface area contributed by atoms with Crippen LogP contribution in [0, 0.1) is 11.8 Å².